The number of hydrogen-bond acceptors (Lipinski definition) is 4. The van der Waals surface area contributed by atoms with Crippen molar-refractivity contribution >= 4 is 23.2 Å². The van der Waals surface area contributed by atoms with E-state index in [0.29, 0.717) is 24.6 Å². The van der Waals surface area contributed by atoms with Crippen LogP contribution in [0, 0.1) is 16.0 Å². The number of benzene rings is 1. The van der Waals surface area contributed by atoms with Crippen LogP contribution in [-0.4, -0.2) is 41.3 Å². The summed E-state index contributed by atoms with van der Waals surface area (Å²) in [7, 11) is 1.39. The van der Waals surface area contributed by atoms with Crippen molar-refractivity contribution in [3.8, 4) is 5.75 Å². The third-order valence-corrected chi connectivity index (χ3v) is 4.35. The number of piperidine rings is 1. The molecule has 1 aliphatic rings. The fourth-order valence-corrected chi connectivity index (χ4v) is 2.64. The minimum absolute atomic E-state index is 0.0771. The van der Waals surface area contributed by atoms with Crippen molar-refractivity contribution in [1.82, 2.24) is 4.90 Å². The topological polar surface area (TPSA) is 72.7 Å². The lowest BCUT2D eigenvalue weighted by atomic mass is 9.98. The van der Waals surface area contributed by atoms with Crippen LogP contribution in [0.5, 0.6) is 5.75 Å². The van der Waals surface area contributed by atoms with Gasteiger partial charge >= 0.3 is 0 Å². The predicted octanol–water partition coefficient (Wildman–Crippen LogP) is 2.69. The Balaban J connectivity index is 2.25. The van der Waals surface area contributed by atoms with E-state index in [2.05, 4.69) is 6.92 Å². The van der Waals surface area contributed by atoms with E-state index in [0.717, 1.165) is 6.42 Å². The molecule has 1 aliphatic heterocycles. The fourth-order valence-electron chi connectivity index (χ4n) is 2.35. The lowest BCUT2D eigenvalue weighted by molar-refractivity contribution is -0.384. The molecule has 6 nitrogen and oxygen atoms in total. The summed E-state index contributed by atoms with van der Waals surface area (Å²) >= 11 is 6.22. The Hall–Kier alpha value is -1.82. The maximum atomic E-state index is 12.5. The summed E-state index contributed by atoms with van der Waals surface area (Å²) in [5, 5.41) is 10.7. The number of methoxy groups -OCH3 is 1. The minimum atomic E-state index is -0.520. The first-order valence-corrected chi connectivity index (χ1v) is 7.13. The Bertz CT molecular complexity index is 564. The number of nitro groups is 1. The van der Waals surface area contributed by atoms with Gasteiger partial charge in [0.05, 0.1) is 29.0 Å². The van der Waals surface area contributed by atoms with E-state index in [4.69, 9.17) is 16.3 Å². The van der Waals surface area contributed by atoms with Crippen LogP contribution in [0.1, 0.15) is 23.7 Å². The summed E-state index contributed by atoms with van der Waals surface area (Å²) in [6, 6.07) is 4.00. The normalized spacial score (nSPS) is 22.0. The number of non-ortho nitro benzene ring substituents is 1. The molecule has 2 atom stereocenters. The molecule has 2 unspecified atom stereocenters. The average Bonchev–Trinajstić information content (AvgIpc) is 2.48. The third kappa shape index (κ3) is 3.26. The van der Waals surface area contributed by atoms with Crippen molar-refractivity contribution in [3.05, 3.63) is 33.9 Å². The quantitative estimate of drug-likeness (QED) is 0.488. The zero-order valence-corrected chi connectivity index (χ0v) is 12.7. The molecule has 0 aliphatic carbocycles. The average molecular weight is 313 g/mol. The predicted molar refractivity (Wildman–Crippen MR) is 79.0 cm³/mol. The molecule has 2 rings (SSSR count). The Morgan fingerprint density at radius 2 is 2.24 bits per heavy atom. The van der Waals surface area contributed by atoms with E-state index in [-0.39, 0.29) is 22.7 Å². The zero-order chi connectivity index (χ0) is 15.6. The molecule has 21 heavy (non-hydrogen) atoms. The molecule has 0 radical (unpaired) electrons. The Morgan fingerprint density at radius 3 is 2.81 bits per heavy atom. The van der Waals surface area contributed by atoms with E-state index in [1.807, 2.05) is 0 Å². The molecule has 0 aromatic heterocycles. The van der Waals surface area contributed by atoms with Gasteiger partial charge in [-0.25, -0.2) is 0 Å². The van der Waals surface area contributed by atoms with Crippen LogP contribution in [-0.2, 0) is 0 Å². The van der Waals surface area contributed by atoms with Crippen LogP contribution in [0.25, 0.3) is 0 Å². The number of carbonyl (C=O) groups is 1. The molecular weight excluding hydrogens is 296 g/mol. The molecule has 7 heteroatoms. The van der Waals surface area contributed by atoms with Gasteiger partial charge in [0.1, 0.15) is 5.75 Å². The highest BCUT2D eigenvalue weighted by atomic mass is 35.5. The third-order valence-electron chi connectivity index (χ3n) is 3.78. The SMILES string of the molecule is COc1cc([N+](=O)[O-])ccc1C(=O)N1CCC(C)C(Cl)C1. The Labute approximate surface area is 127 Å². The molecule has 1 aromatic rings. The van der Waals surface area contributed by atoms with Crippen molar-refractivity contribution in [2.24, 2.45) is 5.92 Å². The van der Waals surface area contributed by atoms with Crippen molar-refractivity contribution in [1.29, 1.82) is 0 Å². The first kappa shape index (κ1) is 15.6. The number of nitrogens with zero attached hydrogens (tertiary/aromatic N) is 2. The Kier molecular flexibility index (Phi) is 4.67. The second-order valence-electron chi connectivity index (χ2n) is 5.17. The van der Waals surface area contributed by atoms with Crippen LogP contribution in [0.4, 0.5) is 5.69 Å². The lowest BCUT2D eigenvalue weighted by Gasteiger charge is -2.34. The molecule has 0 N–H and O–H groups in total. The summed E-state index contributed by atoms with van der Waals surface area (Å²) in [6.45, 7) is 3.16. The van der Waals surface area contributed by atoms with Gasteiger partial charge in [-0.2, -0.15) is 0 Å². The van der Waals surface area contributed by atoms with Gasteiger partial charge in [-0.3, -0.25) is 14.9 Å². The van der Waals surface area contributed by atoms with Gasteiger partial charge in [0, 0.05) is 19.2 Å². The van der Waals surface area contributed by atoms with E-state index in [9.17, 15) is 14.9 Å². The molecule has 114 valence electrons. The van der Waals surface area contributed by atoms with Crippen LogP contribution in [0.15, 0.2) is 18.2 Å². The lowest BCUT2D eigenvalue weighted by Crippen LogP contribution is -2.43. The van der Waals surface area contributed by atoms with E-state index >= 15 is 0 Å². The second-order valence-corrected chi connectivity index (χ2v) is 5.74. The van der Waals surface area contributed by atoms with E-state index in [1.54, 1.807) is 4.90 Å². The molecule has 1 saturated heterocycles. The van der Waals surface area contributed by atoms with Gasteiger partial charge in [0.2, 0.25) is 0 Å². The molecule has 1 fully saturated rings. The van der Waals surface area contributed by atoms with Gasteiger partial charge < -0.3 is 9.64 Å². The summed E-state index contributed by atoms with van der Waals surface area (Å²) in [5.74, 6) is 0.368. The number of halogens is 1. The van der Waals surface area contributed by atoms with Crippen LogP contribution in [0.2, 0.25) is 0 Å². The number of likely N-dealkylation sites (tertiary alicyclic amines) is 1. The van der Waals surface area contributed by atoms with Crippen molar-refractivity contribution in [3.63, 3.8) is 0 Å². The van der Waals surface area contributed by atoms with Crippen LogP contribution in [0.3, 0.4) is 0 Å². The second kappa shape index (κ2) is 6.30. The molecule has 1 aromatic carbocycles. The zero-order valence-electron chi connectivity index (χ0n) is 11.9. The van der Waals surface area contributed by atoms with Crippen molar-refractivity contribution in [2.75, 3.05) is 20.2 Å². The number of ether oxygens (including phenoxy) is 1. The smallest absolute Gasteiger partial charge is 0.273 e. The number of rotatable bonds is 3. The molecule has 0 saturated carbocycles. The highest BCUT2D eigenvalue weighted by Gasteiger charge is 2.29. The summed E-state index contributed by atoms with van der Waals surface area (Å²) in [6.07, 6.45) is 0.842. The fraction of sp³-hybridized carbons (Fsp3) is 0.500. The summed E-state index contributed by atoms with van der Waals surface area (Å²) < 4.78 is 5.11. The monoisotopic (exact) mass is 312 g/mol. The van der Waals surface area contributed by atoms with Gasteiger partial charge in [-0.15, -0.1) is 11.6 Å². The van der Waals surface area contributed by atoms with Crippen LogP contribution < -0.4 is 4.74 Å². The van der Waals surface area contributed by atoms with E-state index < -0.39 is 4.92 Å². The maximum absolute atomic E-state index is 12.5. The number of amides is 1. The molecule has 1 amide bonds. The number of carbonyl (C=O) groups excluding carboxylic acids is 1. The number of alkyl halides is 1. The van der Waals surface area contributed by atoms with Gasteiger partial charge in [0.15, 0.2) is 0 Å². The standard InChI is InChI=1S/C14H17ClN2O4/c1-9-5-6-16(8-12(9)15)14(18)11-4-3-10(17(19)20)7-13(11)21-2/h3-4,7,9,12H,5-6,8H2,1-2H3. The molecule has 0 bridgehead atoms. The van der Waals surface area contributed by atoms with Gasteiger partial charge in [-0.05, 0) is 18.4 Å². The first-order valence-electron chi connectivity index (χ1n) is 6.69. The highest BCUT2D eigenvalue weighted by molar-refractivity contribution is 6.21. The Morgan fingerprint density at radius 1 is 1.52 bits per heavy atom. The first-order chi connectivity index (χ1) is 9.93. The van der Waals surface area contributed by atoms with Gasteiger partial charge in [0.25, 0.3) is 11.6 Å². The minimum Gasteiger partial charge on any atom is -0.496 e. The van der Waals surface area contributed by atoms with Crippen molar-refractivity contribution < 1.29 is 14.5 Å². The van der Waals surface area contributed by atoms with E-state index in [1.165, 1.54) is 25.3 Å². The number of hydrogen-bond donors (Lipinski definition) is 0. The van der Waals surface area contributed by atoms with Gasteiger partial charge in [-0.1, -0.05) is 6.92 Å². The van der Waals surface area contributed by atoms with Crippen LogP contribution >= 0.6 is 11.6 Å². The maximum Gasteiger partial charge on any atom is 0.273 e. The molecular formula is C14H17ClN2O4. The molecule has 0 spiro atoms. The van der Waals surface area contributed by atoms with Crippen molar-refractivity contribution in [2.45, 2.75) is 18.7 Å². The molecule has 1 heterocycles. The number of nitro benzene ring substituents is 1. The summed E-state index contributed by atoms with van der Waals surface area (Å²) in [5.41, 5.74) is 0.215. The highest BCUT2D eigenvalue weighted by Crippen LogP contribution is 2.28. The summed E-state index contributed by atoms with van der Waals surface area (Å²) in [4.78, 5) is 24.4. The largest absolute Gasteiger partial charge is 0.496 e.